The fourth-order valence-electron chi connectivity index (χ4n) is 1.39. The highest BCUT2D eigenvalue weighted by molar-refractivity contribution is 9.10. The molecule has 0 aliphatic heterocycles. The molecule has 2 heterocycles. The molecule has 0 aliphatic carbocycles. The average Bonchev–Trinajstić information content (AvgIpc) is 2.50. The quantitative estimate of drug-likeness (QED) is 0.796. The molecule has 0 saturated heterocycles. The van der Waals surface area contributed by atoms with Crippen LogP contribution in [0, 0.1) is 20.8 Å². The van der Waals surface area contributed by atoms with E-state index in [9.17, 15) is 0 Å². The topological polar surface area (TPSA) is 43.6 Å². The summed E-state index contributed by atoms with van der Waals surface area (Å²) in [5.41, 5.74) is 0.944. The zero-order valence-corrected chi connectivity index (χ0v) is 10.4. The molecule has 0 aromatic carbocycles. The molecular formula is C10H11BrN4. The van der Waals surface area contributed by atoms with Gasteiger partial charge in [-0.1, -0.05) is 0 Å². The largest absolute Gasteiger partial charge is 0.233 e. The van der Waals surface area contributed by atoms with E-state index in [0.29, 0.717) is 0 Å². The Balaban J connectivity index is 2.54. The van der Waals surface area contributed by atoms with Crippen molar-refractivity contribution < 1.29 is 0 Å². The molecule has 0 amide bonds. The smallest absolute Gasteiger partial charge is 0.155 e. The van der Waals surface area contributed by atoms with E-state index in [-0.39, 0.29) is 0 Å². The molecule has 0 aliphatic rings. The van der Waals surface area contributed by atoms with Crippen LogP contribution in [0.4, 0.5) is 0 Å². The summed E-state index contributed by atoms with van der Waals surface area (Å²) in [6.07, 6.45) is 0. The fourth-order valence-corrected chi connectivity index (χ4v) is 1.61. The molecule has 15 heavy (non-hydrogen) atoms. The summed E-state index contributed by atoms with van der Waals surface area (Å²) in [7, 11) is 0. The van der Waals surface area contributed by atoms with Gasteiger partial charge in [0.05, 0.1) is 5.69 Å². The molecule has 0 radical (unpaired) electrons. The van der Waals surface area contributed by atoms with E-state index in [2.05, 4.69) is 31.0 Å². The molecule has 2 aromatic rings. The first-order chi connectivity index (χ1) is 7.08. The van der Waals surface area contributed by atoms with Crippen LogP contribution in [0.3, 0.4) is 0 Å². The lowest BCUT2D eigenvalue weighted by Crippen LogP contribution is -2.03. The predicted octanol–water partition coefficient (Wildman–Crippen LogP) is 2.35. The molecule has 0 atom stereocenters. The van der Waals surface area contributed by atoms with Crippen LogP contribution in [0.15, 0.2) is 16.6 Å². The van der Waals surface area contributed by atoms with E-state index < -0.39 is 0 Å². The SMILES string of the molecule is Cc1nc(C)n(-c2ccc(Br)c(C)n2)n1. The lowest BCUT2D eigenvalue weighted by atomic mass is 10.4. The summed E-state index contributed by atoms with van der Waals surface area (Å²) in [6, 6.07) is 3.88. The van der Waals surface area contributed by atoms with Gasteiger partial charge in [0.25, 0.3) is 0 Å². The van der Waals surface area contributed by atoms with Crippen molar-refractivity contribution in [1.29, 1.82) is 0 Å². The molecule has 4 nitrogen and oxygen atoms in total. The maximum absolute atomic E-state index is 4.43. The van der Waals surface area contributed by atoms with E-state index in [1.165, 1.54) is 0 Å². The first-order valence-corrected chi connectivity index (χ1v) is 5.41. The highest BCUT2D eigenvalue weighted by atomic mass is 79.9. The second-order valence-electron chi connectivity index (χ2n) is 3.35. The maximum Gasteiger partial charge on any atom is 0.155 e. The summed E-state index contributed by atoms with van der Waals surface area (Å²) in [6.45, 7) is 5.74. The number of nitrogens with zero attached hydrogens (tertiary/aromatic N) is 4. The summed E-state index contributed by atoms with van der Waals surface area (Å²) < 4.78 is 2.75. The Morgan fingerprint density at radius 1 is 1.13 bits per heavy atom. The minimum absolute atomic E-state index is 0.759. The third-order valence-corrected chi connectivity index (χ3v) is 2.94. The van der Waals surface area contributed by atoms with Crippen molar-refractivity contribution in [2.24, 2.45) is 0 Å². The van der Waals surface area contributed by atoms with Crippen molar-refractivity contribution >= 4 is 15.9 Å². The Hall–Kier alpha value is -1.23. The van der Waals surface area contributed by atoms with Crippen LogP contribution in [0.1, 0.15) is 17.3 Å². The second-order valence-corrected chi connectivity index (χ2v) is 4.21. The van der Waals surface area contributed by atoms with Crippen molar-refractivity contribution in [3.8, 4) is 5.82 Å². The van der Waals surface area contributed by atoms with E-state index in [1.54, 1.807) is 4.68 Å². The van der Waals surface area contributed by atoms with Crippen LogP contribution in [0.25, 0.3) is 5.82 Å². The molecular weight excluding hydrogens is 256 g/mol. The number of hydrogen-bond acceptors (Lipinski definition) is 3. The average molecular weight is 267 g/mol. The predicted molar refractivity (Wildman–Crippen MR) is 61.1 cm³/mol. The van der Waals surface area contributed by atoms with Gasteiger partial charge in [-0.2, -0.15) is 4.68 Å². The molecule has 2 rings (SSSR count). The summed E-state index contributed by atoms with van der Waals surface area (Å²) in [5, 5.41) is 4.28. The van der Waals surface area contributed by atoms with Gasteiger partial charge in [-0.15, -0.1) is 5.10 Å². The monoisotopic (exact) mass is 266 g/mol. The van der Waals surface area contributed by atoms with Crippen LogP contribution in [-0.4, -0.2) is 19.7 Å². The van der Waals surface area contributed by atoms with Gasteiger partial charge in [0.2, 0.25) is 0 Å². The number of aromatic nitrogens is 4. The molecule has 0 bridgehead atoms. The van der Waals surface area contributed by atoms with Gasteiger partial charge in [0.15, 0.2) is 5.82 Å². The Morgan fingerprint density at radius 2 is 1.87 bits per heavy atom. The molecule has 78 valence electrons. The van der Waals surface area contributed by atoms with Crippen LogP contribution < -0.4 is 0 Å². The van der Waals surface area contributed by atoms with Gasteiger partial charge in [-0.3, -0.25) is 0 Å². The maximum atomic E-state index is 4.43. The van der Waals surface area contributed by atoms with E-state index in [4.69, 9.17) is 0 Å². The first-order valence-electron chi connectivity index (χ1n) is 4.61. The third-order valence-electron chi connectivity index (χ3n) is 2.10. The number of aryl methyl sites for hydroxylation is 3. The standard InChI is InChI=1S/C10H11BrN4/c1-6-9(11)4-5-10(12-6)15-8(3)13-7(2)14-15/h4-5H,1-3H3. The highest BCUT2D eigenvalue weighted by Gasteiger charge is 2.07. The van der Waals surface area contributed by atoms with E-state index in [1.807, 2.05) is 32.9 Å². The van der Waals surface area contributed by atoms with Crippen molar-refractivity contribution in [1.82, 2.24) is 19.7 Å². The Kier molecular flexibility index (Phi) is 2.56. The zero-order chi connectivity index (χ0) is 11.0. The van der Waals surface area contributed by atoms with Gasteiger partial charge >= 0.3 is 0 Å². The number of rotatable bonds is 1. The molecule has 0 fully saturated rings. The van der Waals surface area contributed by atoms with E-state index >= 15 is 0 Å². The minimum Gasteiger partial charge on any atom is -0.233 e. The lowest BCUT2D eigenvalue weighted by Gasteiger charge is -2.03. The van der Waals surface area contributed by atoms with Gasteiger partial charge < -0.3 is 0 Å². The van der Waals surface area contributed by atoms with Crippen LogP contribution in [-0.2, 0) is 0 Å². The van der Waals surface area contributed by atoms with Gasteiger partial charge in [0, 0.05) is 4.47 Å². The molecule has 0 unspecified atom stereocenters. The van der Waals surface area contributed by atoms with Crippen LogP contribution in [0.5, 0.6) is 0 Å². The molecule has 0 N–H and O–H groups in total. The lowest BCUT2D eigenvalue weighted by molar-refractivity contribution is 0.798. The van der Waals surface area contributed by atoms with Crippen molar-refractivity contribution in [2.45, 2.75) is 20.8 Å². The summed E-state index contributed by atoms with van der Waals surface area (Å²) in [5.74, 6) is 2.41. The second kappa shape index (κ2) is 3.73. The normalized spacial score (nSPS) is 10.7. The number of halogens is 1. The first kappa shape index (κ1) is 10.3. The van der Waals surface area contributed by atoms with E-state index in [0.717, 1.165) is 27.6 Å². The summed E-state index contributed by atoms with van der Waals surface area (Å²) in [4.78, 5) is 8.67. The van der Waals surface area contributed by atoms with Crippen molar-refractivity contribution in [2.75, 3.05) is 0 Å². The zero-order valence-electron chi connectivity index (χ0n) is 8.82. The molecule has 0 spiro atoms. The van der Waals surface area contributed by atoms with Crippen molar-refractivity contribution in [3.05, 3.63) is 33.9 Å². The Labute approximate surface area is 96.5 Å². The number of hydrogen-bond donors (Lipinski definition) is 0. The van der Waals surface area contributed by atoms with Gasteiger partial charge in [-0.05, 0) is 48.8 Å². The molecule has 0 saturated carbocycles. The highest BCUT2D eigenvalue weighted by Crippen LogP contribution is 2.16. The minimum atomic E-state index is 0.759. The molecule has 2 aromatic heterocycles. The third kappa shape index (κ3) is 1.92. The molecule has 5 heteroatoms. The van der Waals surface area contributed by atoms with Gasteiger partial charge in [0.1, 0.15) is 11.6 Å². The van der Waals surface area contributed by atoms with Crippen LogP contribution >= 0.6 is 15.9 Å². The van der Waals surface area contributed by atoms with Gasteiger partial charge in [-0.25, -0.2) is 9.97 Å². The van der Waals surface area contributed by atoms with Crippen LogP contribution in [0.2, 0.25) is 0 Å². The fraction of sp³-hybridized carbons (Fsp3) is 0.300. The van der Waals surface area contributed by atoms with Crippen molar-refractivity contribution in [3.63, 3.8) is 0 Å². The summed E-state index contributed by atoms with van der Waals surface area (Å²) >= 11 is 3.42. The number of pyridine rings is 1. The Morgan fingerprint density at radius 3 is 2.40 bits per heavy atom. The Bertz CT molecular complexity index is 504.